The van der Waals surface area contributed by atoms with Crippen molar-refractivity contribution in [2.75, 3.05) is 13.1 Å². The first kappa shape index (κ1) is 15.2. The molecule has 0 fully saturated rings. The SMILES string of the molecule is CCN(C[C@H](F)[C@@H](C)O)C(=O)OC(C)(C)C. The predicted octanol–water partition coefficient (Wildman–Crippen LogP) is 1.96. The number of nitrogens with zero attached hydrogens (tertiary/aromatic N) is 1. The van der Waals surface area contributed by atoms with E-state index in [1.165, 1.54) is 11.8 Å². The van der Waals surface area contributed by atoms with E-state index < -0.39 is 24.0 Å². The van der Waals surface area contributed by atoms with E-state index in [9.17, 15) is 9.18 Å². The molecule has 0 aromatic rings. The van der Waals surface area contributed by atoms with Crippen LogP contribution in [0.1, 0.15) is 34.6 Å². The number of hydrogen-bond acceptors (Lipinski definition) is 3. The highest BCUT2D eigenvalue weighted by atomic mass is 19.1. The van der Waals surface area contributed by atoms with E-state index in [0.29, 0.717) is 6.54 Å². The number of aliphatic hydroxyl groups excluding tert-OH is 1. The van der Waals surface area contributed by atoms with E-state index in [1.807, 2.05) is 0 Å². The maximum atomic E-state index is 13.3. The first-order valence-electron chi connectivity index (χ1n) is 5.47. The minimum Gasteiger partial charge on any atom is -0.444 e. The summed E-state index contributed by atoms with van der Waals surface area (Å²) in [6, 6.07) is 0. The van der Waals surface area contributed by atoms with Crippen LogP contribution in [-0.2, 0) is 4.74 Å². The van der Waals surface area contributed by atoms with E-state index in [4.69, 9.17) is 9.84 Å². The van der Waals surface area contributed by atoms with E-state index in [1.54, 1.807) is 27.7 Å². The zero-order valence-electron chi connectivity index (χ0n) is 10.7. The standard InChI is InChI=1S/C11H22FNO3/c1-6-13(7-9(12)8(2)14)10(15)16-11(3,4)5/h8-9,14H,6-7H2,1-5H3/t8-,9+/m1/s1. The summed E-state index contributed by atoms with van der Waals surface area (Å²) in [5.74, 6) is 0. The van der Waals surface area contributed by atoms with E-state index >= 15 is 0 Å². The first-order chi connectivity index (χ1) is 7.17. The van der Waals surface area contributed by atoms with Crippen molar-refractivity contribution in [2.45, 2.75) is 52.5 Å². The van der Waals surface area contributed by atoms with Gasteiger partial charge in [-0.25, -0.2) is 9.18 Å². The molecule has 0 radical (unpaired) electrons. The Morgan fingerprint density at radius 3 is 2.31 bits per heavy atom. The van der Waals surface area contributed by atoms with Crippen molar-refractivity contribution >= 4 is 6.09 Å². The minimum atomic E-state index is -1.45. The summed E-state index contributed by atoms with van der Waals surface area (Å²) >= 11 is 0. The van der Waals surface area contributed by atoms with Gasteiger partial charge >= 0.3 is 6.09 Å². The van der Waals surface area contributed by atoms with Gasteiger partial charge in [-0.2, -0.15) is 0 Å². The third-order valence-electron chi connectivity index (χ3n) is 1.95. The van der Waals surface area contributed by atoms with Gasteiger partial charge in [0.1, 0.15) is 11.8 Å². The normalized spacial score (nSPS) is 15.4. The molecule has 1 amide bonds. The van der Waals surface area contributed by atoms with Crippen molar-refractivity contribution in [3.63, 3.8) is 0 Å². The fourth-order valence-electron chi connectivity index (χ4n) is 1.02. The van der Waals surface area contributed by atoms with Crippen molar-refractivity contribution in [3.8, 4) is 0 Å². The fourth-order valence-corrected chi connectivity index (χ4v) is 1.02. The van der Waals surface area contributed by atoms with Gasteiger partial charge in [0.05, 0.1) is 12.6 Å². The first-order valence-corrected chi connectivity index (χ1v) is 5.47. The van der Waals surface area contributed by atoms with Crippen LogP contribution in [-0.4, -0.2) is 47.1 Å². The lowest BCUT2D eigenvalue weighted by Gasteiger charge is -2.28. The molecule has 5 heteroatoms. The number of aliphatic hydroxyl groups is 1. The van der Waals surface area contributed by atoms with Gasteiger partial charge in [0.25, 0.3) is 0 Å². The molecule has 0 rings (SSSR count). The molecule has 0 spiro atoms. The predicted molar refractivity (Wildman–Crippen MR) is 60.1 cm³/mol. The molecule has 0 aliphatic heterocycles. The summed E-state index contributed by atoms with van der Waals surface area (Å²) in [6.45, 7) is 8.54. The van der Waals surface area contributed by atoms with Crippen molar-refractivity contribution in [1.29, 1.82) is 0 Å². The summed E-state index contributed by atoms with van der Waals surface area (Å²) < 4.78 is 18.4. The Bertz CT molecular complexity index is 226. The molecule has 0 unspecified atom stereocenters. The quantitative estimate of drug-likeness (QED) is 0.810. The Balaban J connectivity index is 4.33. The van der Waals surface area contributed by atoms with Gasteiger partial charge in [-0.1, -0.05) is 0 Å². The fraction of sp³-hybridized carbons (Fsp3) is 0.909. The molecule has 0 aromatic carbocycles. The highest BCUT2D eigenvalue weighted by Crippen LogP contribution is 2.11. The van der Waals surface area contributed by atoms with Crippen LogP contribution in [0, 0.1) is 0 Å². The number of alkyl halides is 1. The lowest BCUT2D eigenvalue weighted by atomic mass is 10.2. The van der Waals surface area contributed by atoms with Gasteiger partial charge < -0.3 is 14.7 Å². The molecule has 0 saturated carbocycles. The van der Waals surface area contributed by atoms with Crippen molar-refractivity contribution in [3.05, 3.63) is 0 Å². The number of carbonyl (C=O) groups excluding carboxylic acids is 1. The highest BCUT2D eigenvalue weighted by Gasteiger charge is 2.25. The summed E-state index contributed by atoms with van der Waals surface area (Å²) in [5.41, 5.74) is -0.596. The van der Waals surface area contributed by atoms with Crippen LogP contribution >= 0.6 is 0 Å². The molecule has 16 heavy (non-hydrogen) atoms. The molecule has 0 aromatic heterocycles. The van der Waals surface area contributed by atoms with Crippen LogP contribution in [0.5, 0.6) is 0 Å². The Morgan fingerprint density at radius 2 is 2.00 bits per heavy atom. The average Bonchev–Trinajstić information content (AvgIpc) is 2.10. The van der Waals surface area contributed by atoms with Gasteiger partial charge in [-0.15, -0.1) is 0 Å². The van der Waals surface area contributed by atoms with Crippen LogP contribution in [0.2, 0.25) is 0 Å². The smallest absolute Gasteiger partial charge is 0.410 e. The third kappa shape index (κ3) is 5.90. The maximum Gasteiger partial charge on any atom is 0.410 e. The van der Waals surface area contributed by atoms with Gasteiger partial charge in [0.15, 0.2) is 0 Å². The molecule has 96 valence electrons. The molecule has 0 saturated heterocycles. The van der Waals surface area contributed by atoms with Crippen LogP contribution in [0.15, 0.2) is 0 Å². The molecule has 0 aliphatic carbocycles. The number of rotatable bonds is 4. The van der Waals surface area contributed by atoms with Crippen molar-refractivity contribution in [1.82, 2.24) is 4.90 Å². The second kappa shape index (κ2) is 6.03. The third-order valence-corrected chi connectivity index (χ3v) is 1.95. The van der Waals surface area contributed by atoms with Crippen LogP contribution in [0.3, 0.4) is 0 Å². The number of hydrogen-bond donors (Lipinski definition) is 1. The van der Waals surface area contributed by atoms with Crippen LogP contribution in [0.25, 0.3) is 0 Å². The molecule has 1 N–H and O–H groups in total. The maximum absolute atomic E-state index is 13.3. The number of amides is 1. The largest absolute Gasteiger partial charge is 0.444 e. The zero-order chi connectivity index (χ0) is 12.9. The summed E-state index contributed by atoms with van der Waals surface area (Å²) in [4.78, 5) is 12.8. The molecule has 0 heterocycles. The molecule has 0 aliphatic rings. The number of halogens is 1. The average molecular weight is 235 g/mol. The van der Waals surface area contributed by atoms with Crippen LogP contribution < -0.4 is 0 Å². The lowest BCUT2D eigenvalue weighted by molar-refractivity contribution is 0.0118. The Morgan fingerprint density at radius 1 is 1.50 bits per heavy atom. The highest BCUT2D eigenvalue weighted by molar-refractivity contribution is 5.68. The Labute approximate surface area is 96.4 Å². The van der Waals surface area contributed by atoms with Gasteiger partial charge in [-0.3, -0.25) is 0 Å². The molecule has 4 nitrogen and oxygen atoms in total. The minimum absolute atomic E-state index is 0.150. The second-order valence-electron chi connectivity index (χ2n) is 4.78. The van der Waals surface area contributed by atoms with Crippen molar-refractivity contribution in [2.24, 2.45) is 0 Å². The van der Waals surface area contributed by atoms with Crippen molar-refractivity contribution < 1.29 is 19.0 Å². The second-order valence-corrected chi connectivity index (χ2v) is 4.78. The van der Waals surface area contributed by atoms with E-state index in [0.717, 1.165) is 0 Å². The summed E-state index contributed by atoms with van der Waals surface area (Å²) in [7, 11) is 0. The van der Waals surface area contributed by atoms with E-state index in [2.05, 4.69) is 0 Å². The van der Waals surface area contributed by atoms with E-state index in [-0.39, 0.29) is 6.54 Å². The number of carbonyl (C=O) groups is 1. The zero-order valence-corrected chi connectivity index (χ0v) is 10.7. The molecule has 2 atom stereocenters. The van der Waals surface area contributed by atoms with Gasteiger partial charge in [-0.05, 0) is 34.6 Å². The summed E-state index contributed by atoms with van der Waals surface area (Å²) in [5, 5.41) is 9.03. The van der Waals surface area contributed by atoms with Gasteiger partial charge in [0, 0.05) is 6.54 Å². The molecule has 0 bridgehead atoms. The Kier molecular flexibility index (Phi) is 5.72. The molecular formula is C11H22FNO3. The lowest BCUT2D eigenvalue weighted by Crippen LogP contribution is -2.42. The van der Waals surface area contributed by atoms with Crippen LogP contribution in [0.4, 0.5) is 9.18 Å². The monoisotopic (exact) mass is 235 g/mol. The molecular weight excluding hydrogens is 213 g/mol. The topological polar surface area (TPSA) is 49.8 Å². The number of ether oxygens (including phenoxy) is 1. The van der Waals surface area contributed by atoms with Gasteiger partial charge in [0.2, 0.25) is 0 Å². The summed E-state index contributed by atoms with van der Waals surface area (Å²) in [6.07, 6.45) is -3.10. The Hall–Kier alpha value is -0.840.